The number of hydrogen-bond acceptors (Lipinski definition) is 4. The third-order valence-corrected chi connectivity index (χ3v) is 6.59. The molecule has 2 N–H and O–H groups in total. The third kappa shape index (κ3) is 5.67. The molecule has 1 aliphatic rings. The Hall–Kier alpha value is -2.80. The molecule has 0 saturated carbocycles. The number of carbonyl (C=O) groups excluding carboxylic acids is 2. The zero-order valence-electron chi connectivity index (χ0n) is 17.8. The van der Waals surface area contributed by atoms with Crippen molar-refractivity contribution in [3.8, 4) is 11.1 Å². The van der Waals surface area contributed by atoms with Crippen molar-refractivity contribution in [1.29, 1.82) is 0 Å². The Morgan fingerprint density at radius 3 is 2.45 bits per heavy atom. The van der Waals surface area contributed by atoms with E-state index in [2.05, 4.69) is 19.2 Å². The zero-order valence-corrected chi connectivity index (χ0v) is 18.7. The molecule has 31 heavy (non-hydrogen) atoms. The second kappa shape index (κ2) is 10.5. The molecule has 0 fully saturated rings. The van der Waals surface area contributed by atoms with Crippen LogP contribution in [-0.2, 0) is 11.2 Å². The molecule has 164 valence electrons. The smallest absolute Gasteiger partial charge is 0.327 e. The number of thioether (sulfide) groups is 1. The summed E-state index contributed by atoms with van der Waals surface area (Å²) in [4.78, 5) is 38.8. The Bertz CT molecular complexity index is 946. The molecule has 0 radical (unpaired) electrons. The molecule has 3 rings (SSSR count). The first kappa shape index (κ1) is 22.9. The van der Waals surface area contributed by atoms with Gasteiger partial charge >= 0.3 is 12.0 Å². The molecular formula is C24H28N2O4S. The number of carboxylic acid groups (broad SMARTS) is 1. The highest BCUT2D eigenvalue weighted by atomic mass is 32.2. The number of fused-ring (bicyclic) bond motifs is 1. The number of amides is 3. The molecule has 1 heterocycles. The number of carbonyl (C=O) groups is 3. The number of nitrogens with zero attached hydrogens (tertiary/aromatic N) is 1. The lowest BCUT2D eigenvalue weighted by atomic mass is 9.93. The quantitative estimate of drug-likeness (QED) is 0.671. The van der Waals surface area contributed by atoms with Crippen LogP contribution in [0.5, 0.6) is 0 Å². The molecule has 2 aromatic carbocycles. The van der Waals surface area contributed by atoms with Crippen molar-refractivity contribution in [2.45, 2.75) is 32.7 Å². The first-order valence-corrected chi connectivity index (χ1v) is 11.6. The van der Waals surface area contributed by atoms with Crippen molar-refractivity contribution in [3.05, 3.63) is 59.7 Å². The Morgan fingerprint density at radius 1 is 1.06 bits per heavy atom. The summed E-state index contributed by atoms with van der Waals surface area (Å²) in [5.74, 6) is 0.00608. The summed E-state index contributed by atoms with van der Waals surface area (Å²) in [6, 6.07) is 13.7. The molecule has 7 heteroatoms. The van der Waals surface area contributed by atoms with E-state index in [0.717, 1.165) is 27.3 Å². The van der Waals surface area contributed by atoms with Crippen LogP contribution in [0.15, 0.2) is 48.5 Å². The molecule has 0 saturated heterocycles. The number of hydrogen-bond donors (Lipinski definition) is 2. The van der Waals surface area contributed by atoms with Crippen LogP contribution >= 0.6 is 11.8 Å². The minimum Gasteiger partial charge on any atom is -0.480 e. The Balaban J connectivity index is 1.79. The number of nitrogens with one attached hydrogen (secondary N) is 1. The third-order valence-electron chi connectivity index (χ3n) is 5.12. The van der Waals surface area contributed by atoms with E-state index in [1.165, 1.54) is 11.8 Å². The van der Waals surface area contributed by atoms with Gasteiger partial charge in [0.15, 0.2) is 0 Å². The van der Waals surface area contributed by atoms with Gasteiger partial charge in [0, 0.05) is 17.9 Å². The van der Waals surface area contributed by atoms with Crippen LogP contribution in [0.4, 0.5) is 4.79 Å². The highest BCUT2D eigenvalue weighted by Gasteiger charge is 2.31. The monoisotopic (exact) mass is 440 g/mol. The van der Waals surface area contributed by atoms with Gasteiger partial charge in [0.2, 0.25) is 0 Å². The highest BCUT2D eigenvalue weighted by Crippen LogP contribution is 2.30. The Morgan fingerprint density at radius 2 is 1.77 bits per heavy atom. The van der Waals surface area contributed by atoms with Gasteiger partial charge in [-0.1, -0.05) is 56.3 Å². The van der Waals surface area contributed by atoms with Crippen molar-refractivity contribution < 1.29 is 19.5 Å². The second-order valence-corrected chi connectivity index (χ2v) is 9.10. The van der Waals surface area contributed by atoms with Crippen molar-refractivity contribution >= 4 is 29.7 Å². The normalized spacial score (nSPS) is 14.7. The molecule has 0 spiro atoms. The molecule has 3 amide bonds. The fourth-order valence-electron chi connectivity index (χ4n) is 3.62. The lowest BCUT2D eigenvalue weighted by Crippen LogP contribution is -2.51. The van der Waals surface area contributed by atoms with E-state index in [-0.39, 0.29) is 18.2 Å². The molecule has 2 aromatic rings. The van der Waals surface area contributed by atoms with E-state index < -0.39 is 18.0 Å². The predicted molar refractivity (Wildman–Crippen MR) is 123 cm³/mol. The Kier molecular flexibility index (Phi) is 7.74. The van der Waals surface area contributed by atoms with Crippen LogP contribution in [0.1, 0.15) is 36.2 Å². The molecule has 1 aliphatic heterocycles. The predicted octanol–water partition coefficient (Wildman–Crippen LogP) is 4.29. The van der Waals surface area contributed by atoms with Crippen LogP contribution in [-0.4, -0.2) is 52.0 Å². The summed E-state index contributed by atoms with van der Waals surface area (Å²) in [5.41, 5.74) is 3.44. The zero-order chi connectivity index (χ0) is 22.4. The number of urea groups is 1. The highest BCUT2D eigenvalue weighted by molar-refractivity contribution is 7.99. The van der Waals surface area contributed by atoms with Gasteiger partial charge in [0.1, 0.15) is 6.04 Å². The lowest BCUT2D eigenvalue weighted by molar-refractivity contribution is -0.138. The maximum atomic E-state index is 13.2. The van der Waals surface area contributed by atoms with E-state index in [9.17, 15) is 19.5 Å². The van der Waals surface area contributed by atoms with E-state index in [1.807, 2.05) is 42.5 Å². The van der Waals surface area contributed by atoms with Crippen molar-refractivity contribution in [2.75, 3.05) is 18.1 Å². The standard InChI is InChI=1S/C24H28N2O4S/c1-16(2)14-31-15-21(23(28)29)25-24(30)26-13-7-12-19-18(17-8-4-3-5-9-17)10-6-11-20(19)22(26)27/h3-6,8-11,16,21H,7,12-15H2,1-2H3,(H,25,30)(H,28,29). The summed E-state index contributed by atoms with van der Waals surface area (Å²) in [6.45, 7) is 4.36. The van der Waals surface area contributed by atoms with Crippen LogP contribution in [0.2, 0.25) is 0 Å². The molecule has 1 unspecified atom stereocenters. The van der Waals surface area contributed by atoms with E-state index in [1.54, 1.807) is 6.07 Å². The number of carboxylic acids is 1. The fourth-order valence-corrected chi connectivity index (χ4v) is 4.69. The maximum absolute atomic E-state index is 13.2. The maximum Gasteiger partial charge on any atom is 0.327 e. The largest absolute Gasteiger partial charge is 0.480 e. The minimum absolute atomic E-state index is 0.249. The van der Waals surface area contributed by atoms with Gasteiger partial charge < -0.3 is 10.4 Å². The topological polar surface area (TPSA) is 86.7 Å². The van der Waals surface area contributed by atoms with Crippen LogP contribution in [0, 0.1) is 5.92 Å². The summed E-state index contributed by atoms with van der Waals surface area (Å²) >= 11 is 1.48. The van der Waals surface area contributed by atoms with Crippen LogP contribution in [0.25, 0.3) is 11.1 Å². The number of benzene rings is 2. The van der Waals surface area contributed by atoms with Gasteiger partial charge in [0.05, 0.1) is 0 Å². The molecular weight excluding hydrogens is 412 g/mol. The van der Waals surface area contributed by atoms with Crippen molar-refractivity contribution in [1.82, 2.24) is 10.2 Å². The first-order valence-electron chi connectivity index (χ1n) is 10.5. The lowest BCUT2D eigenvalue weighted by Gasteiger charge is -2.22. The van der Waals surface area contributed by atoms with Gasteiger partial charge in [-0.05, 0) is 47.3 Å². The number of rotatable bonds is 7. The summed E-state index contributed by atoms with van der Waals surface area (Å²) in [5, 5.41) is 12.0. The van der Waals surface area contributed by atoms with Crippen LogP contribution < -0.4 is 5.32 Å². The molecule has 0 aromatic heterocycles. The van der Waals surface area contributed by atoms with Gasteiger partial charge in [0.25, 0.3) is 5.91 Å². The Labute approximate surface area is 187 Å². The molecule has 1 atom stereocenters. The summed E-state index contributed by atoms with van der Waals surface area (Å²) < 4.78 is 0. The van der Waals surface area contributed by atoms with Crippen LogP contribution in [0.3, 0.4) is 0 Å². The SMILES string of the molecule is CC(C)CSCC(NC(=O)N1CCCc2c(cccc2-c2ccccc2)C1=O)C(=O)O. The van der Waals surface area contributed by atoms with Gasteiger partial charge in [-0.3, -0.25) is 9.69 Å². The average Bonchev–Trinajstić information content (AvgIpc) is 2.92. The van der Waals surface area contributed by atoms with E-state index >= 15 is 0 Å². The van der Waals surface area contributed by atoms with Gasteiger partial charge in [-0.25, -0.2) is 9.59 Å². The number of aliphatic carboxylic acids is 1. The van der Waals surface area contributed by atoms with Gasteiger partial charge in [-0.15, -0.1) is 0 Å². The fraction of sp³-hybridized carbons (Fsp3) is 0.375. The summed E-state index contributed by atoms with van der Waals surface area (Å²) in [6.07, 6.45) is 1.29. The number of imide groups is 1. The second-order valence-electron chi connectivity index (χ2n) is 8.03. The van der Waals surface area contributed by atoms with E-state index in [4.69, 9.17) is 0 Å². The molecule has 0 aliphatic carbocycles. The first-order chi connectivity index (χ1) is 14.9. The minimum atomic E-state index is -1.10. The van der Waals surface area contributed by atoms with Gasteiger partial charge in [-0.2, -0.15) is 11.8 Å². The average molecular weight is 441 g/mol. The van der Waals surface area contributed by atoms with Crippen molar-refractivity contribution in [3.63, 3.8) is 0 Å². The summed E-state index contributed by atoms with van der Waals surface area (Å²) in [7, 11) is 0. The van der Waals surface area contributed by atoms with Crippen molar-refractivity contribution in [2.24, 2.45) is 5.92 Å². The van der Waals surface area contributed by atoms with E-state index in [0.29, 0.717) is 24.3 Å². The molecule has 6 nitrogen and oxygen atoms in total. The molecule has 0 bridgehead atoms.